The van der Waals surface area contributed by atoms with Gasteiger partial charge in [0.05, 0.1) is 12.2 Å². The maximum atomic E-state index is 12.9. The second-order valence-corrected chi connectivity index (χ2v) is 4.14. The van der Waals surface area contributed by atoms with E-state index in [2.05, 4.69) is 10.6 Å². The van der Waals surface area contributed by atoms with Gasteiger partial charge >= 0.3 is 0 Å². The molecule has 1 saturated heterocycles. The summed E-state index contributed by atoms with van der Waals surface area (Å²) in [7, 11) is 0. The average molecular weight is 291 g/mol. The fourth-order valence-electron chi connectivity index (χ4n) is 1.66. The molecule has 112 valence electrons. The number of amides is 1. The quantitative estimate of drug-likeness (QED) is 0.819. The zero-order valence-corrected chi connectivity index (χ0v) is 10.7. The Hall–Kier alpha value is -1.83. The minimum Gasteiger partial charge on any atom is -0.327 e. The number of anilines is 1. The fourth-order valence-corrected chi connectivity index (χ4v) is 1.66. The molecular formula is C12H16F3N3O2. The van der Waals surface area contributed by atoms with Gasteiger partial charge in [-0.05, 0) is 25.9 Å². The Kier molecular flexibility index (Phi) is 6.78. The van der Waals surface area contributed by atoms with E-state index in [0.717, 1.165) is 12.3 Å². The van der Waals surface area contributed by atoms with Crippen molar-refractivity contribution in [2.75, 3.05) is 18.4 Å². The van der Waals surface area contributed by atoms with Crippen molar-refractivity contribution in [3.05, 3.63) is 28.4 Å². The standard InChI is InChI=1S/C8H7F3N2O2.C4H9N/c9-6-1-5(12-4-14)2-13(8(6)15)3-7(10)11;1-2-4-5-3-1/h1-2,4,7H,3H2,(H,12,14);5H,1-4H2. The summed E-state index contributed by atoms with van der Waals surface area (Å²) < 4.78 is 37.3. The van der Waals surface area contributed by atoms with Crippen LogP contribution >= 0.6 is 0 Å². The Morgan fingerprint density at radius 2 is 2.05 bits per heavy atom. The van der Waals surface area contributed by atoms with Crippen molar-refractivity contribution in [2.24, 2.45) is 0 Å². The fraction of sp³-hybridized carbons (Fsp3) is 0.500. The summed E-state index contributed by atoms with van der Waals surface area (Å²) in [5.41, 5.74) is -1.20. The molecule has 1 aromatic rings. The number of carbonyl (C=O) groups is 1. The van der Waals surface area contributed by atoms with Crippen LogP contribution in [0.2, 0.25) is 0 Å². The highest BCUT2D eigenvalue weighted by Crippen LogP contribution is 2.06. The van der Waals surface area contributed by atoms with E-state index in [-0.39, 0.29) is 12.1 Å². The molecule has 1 aliphatic heterocycles. The summed E-state index contributed by atoms with van der Waals surface area (Å²) in [6.45, 7) is 1.59. The number of rotatable bonds is 4. The topological polar surface area (TPSA) is 63.1 Å². The molecule has 20 heavy (non-hydrogen) atoms. The summed E-state index contributed by atoms with van der Waals surface area (Å²) in [5, 5.41) is 5.29. The summed E-state index contributed by atoms with van der Waals surface area (Å²) in [5.74, 6) is -1.19. The summed E-state index contributed by atoms with van der Waals surface area (Å²) in [4.78, 5) is 21.0. The van der Waals surface area contributed by atoms with E-state index >= 15 is 0 Å². The summed E-state index contributed by atoms with van der Waals surface area (Å²) >= 11 is 0. The van der Waals surface area contributed by atoms with E-state index in [0.29, 0.717) is 4.57 Å². The molecule has 1 aromatic heterocycles. The van der Waals surface area contributed by atoms with Crippen molar-refractivity contribution in [3.8, 4) is 0 Å². The van der Waals surface area contributed by atoms with Gasteiger partial charge in [-0.1, -0.05) is 0 Å². The van der Waals surface area contributed by atoms with Crippen molar-refractivity contribution in [1.29, 1.82) is 0 Å². The molecule has 0 aromatic carbocycles. The first-order valence-corrected chi connectivity index (χ1v) is 6.13. The molecule has 0 spiro atoms. The number of halogens is 3. The van der Waals surface area contributed by atoms with Crippen molar-refractivity contribution in [3.63, 3.8) is 0 Å². The van der Waals surface area contributed by atoms with Crippen LogP contribution in [0.4, 0.5) is 18.9 Å². The monoisotopic (exact) mass is 291 g/mol. The van der Waals surface area contributed by atoms with Gasteiger partial charge in [-0.25, -0.2) is 13.2 Å². The normalized spacial score (nSPS) is 13.8. The van der Waals surface area contributed by atoms with Crippen LogP contribution in [0.25, 0.3) is 0 Å². The zero-order chi connectivity index (χ0) is 15.0. The largest absolute Gasteiger partial charge is 0.327 e. The SMILES string of the molecule is C1CCNC1.O=CNc1cc(F)c(=O)n(CC(F)F)c1. The molecule has 5 nitrogen and oxygen atoms in total. The third-order valence-corrected chi connectivity index (χ3v) is 2.56. The highest BCUT2D eigenvalue weighted by molar-refractivity contribution is 5.70. The second-order valence-electron chi connectivity index (χ2n) is 4.14. The summed E-state index contributed by atoms with van der Waals surface area (Å²) in [6, 6.07) is 0.763. The van der Waals surface area contributed by atoms with Crippen LogP contribution in [0.5, 0.6) is 0 Å². The molecular weight excluding hydrogens is 275 g/mol. The number of pyridine rings is 1. The van der Waals surface area contributed by atoms with Gasteiger partial charge in [-0.15, -0.1) is 0 Å². The molecule has 0 unspecified atom stereocenters. The van der Waals surface area contributed by atoms with Gasteiger partial charge in [-0.2, -0.15) is 0 Å². The van der Waals surface area contributed by atoms with E-state index in [4.69, 9.17) is 0 Å². The van der Waals surface area contributed by atoms with Crippen LogP contribution in [0.15, 0.2) is 17.1 Å². The lowest BCUT2D eigenvalue weighted by molar-refractivity contribution is -0.105. The number of nitrogens with one attached hydrogen (secondary N) is 2. The first-order valence-electron chi connectivity index (χ1n) is 6.13. The van der Waals surface area contributed by atoms with Gasteiger partial charge in [0, 0.05) is 12.3 Å². The van der Waals surface area contributed by atoms with Crippen LogP contribution in [0.3, 0.4) is 0 Å². The molecule has 8 heteroatoms. The predicted octanol–water partition coefficient (Wildman–Crippen LogP) is 1.19. The molecule has 0 radical (unpaired) electrons. The van der Waals surface area contributed by atoms with Crippen LogP contribution in [-0.4, -0.2) is 30.5 Å². The number of hydrogen-bond acceptors (Lipinski definition) is 3. The smallest absolute Gasteiger partial charge is 0.286 e. The minimum atomic E-state index is -2.77. The van der Waals surface area contributed by atoms with Gasteiger partial charge in [0.1, 0.15) is 0 Å². The number of nitrogens with zero attached hydrogens (tertiary/aromatic N) is 1. The molecule has 0 atom stereocenters. The molecule has 0 aliphatic carbocycles. The van der Waals surface area contributed by atoms with E-state index in [1.165, 1.54) is 25.9 Å². The Morgan fingerprint density at radius 3 is 2.50 bits per heavy atom. The third kappa shape index (κ3) is 5.43. The van der Waals surface area contributed by atoms with Crippen LogP contribution in [0.1, 0.15) is 12.8 Å². The molecule has 1 fully saturated rings. The Morgan fingerprint density at radius 1 is 1.40 bits per heavy atom. The first kappa shape index (κ1) is 16.2. The molecule has 2 heterocycles. The van der Waals surface area contributed by atoms with E-state index < -0.39 is 24.3 Å². The first-order chi connectivity index (χ1) is 9.54. The van der Waals surface area contributed by atoms with Crippen molar-refractivity contribution in [1.82, 2.24) is 9.88 Å². The number of aromatic nitrogens is 1. The van der Waals surface area contributed by atoms with Crippen LogP contribution in [-0.2, 0) is 11.3 Å². The molecule has 2 N–H and O–H groups in total. The van der Waals surface area contributed by atoms with Crippen LogP contribution < -0.4 is 16.2 Å². The van der Waals surface area contributed by atoms with Crippen molar-refractivity contribution >= 4 is 12.1 Å². The lowest BCUT2D eigenvalue weighted by Gasteiger charge is -2.07. The molecule has 0 saturated carbocycles. The number of carbonyl (C=O) groups excluding carboxylic acids is 1. The molecule has 0 bridgehead atoms. The molecule has 2 rings (SSSR count). The Bertz CT molecular complexity index is 480. The van der Waals surface area contributed by atoms with Crippen molar-refractivity contribution in [2.45, 2.75) is 25.8 Å². The van der Waals surface area contributed by atoms with Gasteiger partial charge in [0.15, 0.2) is 5.82 Å². The van der Waals surface area contributed by atoms with E-state index in [1.807, 2.05) is 0 Å². The number of hydrogen-bond donors (Lipinski definition) is 2. The molecule has 1 aliphatic rings. The van der Waals surface area contributed by atoms with Gasteiger partial charge in [0.2, 0.25) is 6.41 Å². The van der Waals surface area contributed by atoms with Gasteiger partial charge < -0.3 is 15.2 Å². The van der Waals surface area contributed by atoms with Crippen molar-refractivity contribution < 1.29 is 18.0 Å². The minimum absolute atomic E-state index is 0.0530. The Balaban J connectivity index is 0.000000333. The lowest BCUT2D eigenvalue weighted by Crippen LogP contribution is -2.25. The number of alkyl halides is 2. The average Bonchev–Trinajstić information content (AvgIpc) is 2.94. The van der Waals surface area contributed by atoms with Gasteiger partial charge in [-0.3, -0.25) is 9.59 Å². The second kappa shape index (κ2) is 8.36. The third-order valence-electron chi connectivity index (χ3n) is 2.56. The van der Waals surface area contributed by atoms with E-state index in [1.54, 1.807) is 0 Å². The summed E-state index contributed by atoms with van der Waals surface area (Å²) in [6.07, 6.45) is 1.21. The highest BCUT2D eigenvalue weighted by atomic mass is 19.3. The lowest BCUT2D eigenvalue weighted by atomic mass is 10.4. The maximum absolute atomic E-state index is 12.9. The maximum Gasteiger partial charge on any atom is 0.286 e. The zero-order valence-electron chi connectivity index (χ0n) is 10.7. The Labute approximate surface area is 113 Å². The predicted molar refractivity (Wildman–Crippen MR) is 68.5 cm³/mol. The molecule has 1 amide bonds. The highest BCUT2D eigenvalue weighted by Gasteiger charge is 2.10. The van der Waals surface area contributed by atoms with E-state index in [9.17, 15) is 22.8 Å². The van der Waals surface area contributed by atoms with Gasteiger partial charge in [0.25, 0.3) is 12.0 Å². The van der Waals surface area contributed by atoms with Crippen LogP contribution in [0, 0.1) is 5.82 Å².